The molecule has 0 amide bonds. The van der Waals surface area contributed by atoms with Gasteiger partial charge in [-0.3, -0.25) is 4.98 Å². The summed E-state index contributed by atoms with van der Waals surface area (Å²) in [4.78, 5) is 6.41. The highest BCUT2D eigenvalue weighted by Gasteiger charge is 2.17. The molecule has 0 saturated carbocycles. The quantitative estimate of drug-likeness (QED) is 0.364. The van der Waals surface area contributed by atoms with E-state index in [0.29, 0.717) is 11.6 Å². The second-order valence-electron chi connectivity index (χ2n) is 5.28. The minimum atomic E-state index is 0.0509. The van der Waals surface area contributed by atoms with Crippen LogP contribution in [0.3, 0.4) is 0 Å². The van der Waals surface area contributed by atoms with Crippen LogP contribution in [-0.2, 0) is 11.3 Å². The van der Waals surface area contributed by atoms with Gasteiger partial charge in [-0.1, -0.05) is 11.2 Å². The number of hydrogen-bond donors (Lipinski definition) is 2. The van der Waals surface area contributed by atoms with E-state index >= 15 is 0 Å². The predicted molar refractivity (Wildman–Crippen MR) is 76.6 cm³/mol. The minimum absolute atomic E-state index is 0.0509. The second-order valence-corrected chi connectivity index (χ2v) is 5.28. The van der Waals surface area contributed by atoms with Crippen LogP contribution >= 0.6 is 0 Å². The van der Waals surface area contributed by atoms with Crippen molar-refractivity contribution in [2.75, 3.05) is 26.8 Å². The molecule has 1 fully saturated rings. The number of rotatable bonds is 5. The van der Waals surface area contributed by atoms with Gasteiger partial charge in [-0.15, -0.1) is 0 Å². The lowest BCUT2D eigenvalue weighted by Gasteiger charge is -2.27. The summed E-state index contributed by atoms with van der Waals surface area (Å²) in [5.41, 5.74) is 7.16. The van der Waals surface area contributed by atoms with Crippen LogP contribution in [0.1, 0.15) is 24.1 Å². The molecule has 1 unspecified atom stereocenters. The SMILES string of the molecule is CN(Cc1cccnc1C(N)=NO)CC1CCCOC1. The molecule has 1 saturated heterocycles. The molecule has 2 rings (SSSR count). The lowest BCUT2D eigenvalue weighted by Crippen LogP contribution is -2.31. The molecule has 1 aromatic rings. The summed E-state index contributed by atoms with van der Waals surface area (Å²) < 4.78 is 5.50. The zero-order chi connectivity index (χ0) is 14.4. The number of hydrogen-bond acceptors (Lipinski definition) is 5. The van der Waals surface area contributed by atoms with Crippen molar-refractivity contribution in [3.05, 3.63) is 29.6 Å². The Bertz CT molecular complexity index is 458. The van der Waals surface area contributed by atoms with Crippen LogP contribution < -0.4 is 5.73 Å². The van der Waals surface area contributed by atoms with Crippen molar-refractivity contribution < 1.29 is 9.94 Å². The molecule has 0 aliphatic carbocycles. The van der Waals surface area contributed by atoms with E-state index < -0.39 is 0 Å². The number of aromatic nitrogens is 1. The van der Waals surface area contributed by atoms with Crippen LogP contribution in [0.15, 0.2) is 23.5 Å². The molecule has 0 bridgehead atoms. The Hall–Kier alpha value is -1.66. The summed E-state index contributed by atoms with van der Waals surface area (Å²) in [6.45, 7) is 3.42. The first-order chi connectivity index (χ1) is 9.70. The molecule has 6 heteroatoms. The summed E-state index contributed by atoms with van der Waals surface area (Å²) in [7, 11) is 2.07. The maximum Gasteiger partial charge on any atom is 0.189 e. The van der Waals surface area contributed by atoms with E-state index in [2.05, 4.69) is 22.1 Å². The summed E-state index contributed by atoms with van der Waals surface area (Å²) in [5, 5.41) is 11.8. The number of nitrogens with two attached hydrogens (primary N) is 1. The molecule has 3 N–H and O–H groups in total. The topological polar surface area (TPSA) is 84.0 Å². The molecule has 110 valence electrons. The van der Waals surface area contributed by atoms with E-state index in [4.69, 9.17) is 15.7 Å². The van der Waals surface area contributed by atoms with Gasteiger partial charge in [0.1, 0.15) is 5.69 Å². The van der Waals surface area contributed by atoms with Crippen LogP contribution in [0.25, 0.3) is 0 Å². The van der Waals surface area contributed by atoms with Gasteiger partial charge in [0.05, 0.1) is 6.61 Å². The molecule has 0 aromatic carbocycles. The number of ether oxygens (including phenoxy) is 1. The highest BCUT2D eigenvalue weighted by molar-refractivity contribution is 5.96. The number of amidine groups is 1. The standard InChI is InChI=1S/C14H22N4O2/c1-18(8-11-4-3-7-20-10-11)9-12-5-2-6-16-13(12)14(15)17-19/h2,5-6,11,19H,3-4,7-10H2,1H3,(H2,15,17). The van der Waals surface area contributed by atoms with Crippen LogP contribution in [0, 0.1) is 5.92 Å². The van der Waals surface area contributed by atoms with Gasteiger partial charge in [-0.25, -0.2) is 0 Å². The van der Waals surface area contributed by atoms with Gasteiger partial charge >= 0.3 is 0 Å². The summed E-state index contributed by atoms with van der Waals surface area (Å²) >= 11 is 0. The zero-order valence-electron chi connectivity index (χ0n) is 11.8. The summed E-state index contributed by atoms with van der Waals surface area (Å²) in [6, 6.07) is 3.81. The normalized spacial score (nSPS) is 20.3. The Morgan fingerprint density at radius 1 is 1.65 bits per heavy atom. The molecule has 2 heterocycles. The Labute approximate surface area is 119 Å². The van der Waals surface area contributed by atoms with E-state index in [1.807, 2.05) is 12.1 Å². The number of nitrogens with zero attached hydrogens (tertiary/aromatic N) is 3. The fourth-order valence-corrected chi connectivity index (χ4v) is 2.59. The third-order valence-electron chi connectivity index (χ3n) is 3.51. The van der Waals surface area contributed by atoms with Gasteiger partial charge in [0, 0.05) is 25.9 Å². The largest absolute Gasteiger partial charge is 0.409 e. The fourth-order valence-electron chi connectivity index (χ4n) is 2.59. The second kappa shape index (κ2) is 7.21. The molecule has 1 aromatic heterocycles. The molecular weight excluding hydrogens is 256 g/mol. The molecule has 6 nitrogen and oxygen atoms in total. The average molecular weight is 278 g/mol. The van der Waals surface area contributed by atoms with Crippen molar-refractivity contribution in [3.8, 4) is 0 Å². The van der Waals surface area contributed by atoms with Gasteiger partial charge in [-0.2, -0.15) is 0 Å². The van der Waals surface area contributed by atoms with E-state index in [-0.39, 0.29) is 5.84 Å². The van der Waals surface area contributed by atoms with Crippen LogP contribution in [0.2, 0.25) is 0 Å². The van der Waals surface area contributed by atoms with Gasteiger partial charge in [0.25, 0.3) is 0 Å². The average Bonchev–Trinajstić information content (AvgIpc) is 2.48. The fraction of sp³-hybridized carbons (Fsp3) is 0.571. The third kappa shape index (κ3) is 3.91. The highest BCUT2D eigenvalue weighted by atomic mass is 16.5. The molecule has 1 aliphatic rings. The van der Waals surface area contributed by atoms with Crippen LogP contribution in [-0.4, -0.2) is 47.7 Å². The maximum atomic E-state index is 8.80. The first kappa shape index (κ1) is 14.7. The van der Waals surface area contributed by atoms with Crippen molar-refractivity contribution in [3.63, 3.8) is 0 Å². The molecular formula is C14H22N4O2. The Balaban J connectivity index is 1.98. The van der Waals surface area contributed by atoms with Gasteiger partial charge in [0.15, 0.2) is 5.84 Å². The Morgan fingerprint density at radius 3 is 3.20 bits per heavy atom. The van der Waals surface area contributed by atoms with Gasteiger partial charge < -0.3 is 20.6 Å². The van der Waals surface area contributed by atoms with Gasteiger partial charge in [0.2, 0.25) is 0 Å². The first-order valence-electron chi connectivity index (χ1n) is 6.88. The van der Waals surface area contributed by atoms with Gasteiger partial charge in [-0.05, 0) is 37.4 Å². The molecule has 1 atom stereocenters. The lowest BCUT2D eigenvalue weighted by atomic mass is 10.0. The van der Waals surface area contributed by atoms with Crippen LogP contribution in [0.4, 0.5) is 0 Å². The molecule has 20 heavy (non-hydrogen) atoms. The van der Waals surface area contributed by atoms with Crippen molar-refractivity contribution in [1.29, 1.82) is 0 Å². The van der Waals surface area contributed by atoms with E-state index in [9.17, 15) is 0 Å². The molecule has 0 spiro atoms. The number of oxime groups is 1. The van der Waals surface area contributed by atoms with E-state index in [1.165, 1.54) is 6.42 Å². The van der Waals surface area contributed by atoms with Crippen molar-refractivity contribution >= 4 is 5.84 Å². The van der Waals surface area contributed by atoms with Crippen molar-refractivity contribution in [2.45, 2.75) is 19.4 Å². The minimum Gasteiger partial charge on any atom is -0.409 e. The monoisotopic (exact) mass is 278 g/mol. The Kier molecular flexibility index (Phi) is 5.31. The summed E-state index contributed by atoms with van der Waals surface area (Å²) in [5.74, 6) is 0.632. The number of pyridine rings is 1. The van der Waals surface area contributed by atoms with Crippen LogP contribution in [0.5, 0.6) is 0 Å². The lowest BCUT2D eigenvalue weighted by molar-refractivity contribution is 0.0411. The molecule has 1 aliphatic heterocycles. The predicted octanol–water partition coefficient (Wildman–Crippen LogP) is 1.03. The maximum absolute atomic E-state index is 8.80. The van der Waals surface area contributed by atoms with Crippen molar-refractivity contribution in [2.24, 2.45) is 16.8 Å². The third-order valence-corrected chi connectivity index (χ3v) is 3.51. The van der Waals surface area contributed by atoms with E-state index in [0.717, 1.165) is 38.3 Å². The smallest absolute Gasteiger partial charge is 0.189 e. The highest BCUT2D eigenvalue weighted by Crippen LogP contribution is 2.16. The zero-order valence-corrected chi connectivity index (χ0v) is 11.8. The summed E-state index contributed by atoms with van der Waals surface area (Å²) in [6.07, 6.45) is 4.00. The Morgan fingerprint density at radius 2 is 2.50 bits per heavy atom. The molecule has 0 radical (unpaired) electrons. The van der Waals surface area contributed by atoms with Crippen molar-refractivity contribution in [1.82, 2.24) is 9.88 Å². The first-order valence-corrected chi connectivity index (χ1v) is 6.88. The van der Waals surface area contributed by atoms with E-state index in [1.54, 1.807) is 6.20 Å².